The Morgan fingerprint density at radius 1 is 1.21 bits per heavy atom. The van der Waals surface area contributed by atoms with Gasteiger partial charge in [0.15, 0.2) is 5.96 Å². The Labute approximate surface area is 228 Å². The smallest absolute Gasteiger partial charge is 0.404 e. The number of nitro benzene ring substituents is 1. The Hall–Kier alpha value is -3.44. The van der Waals surface area contributed by atoms with Crippen LogP contribution in [0.3, 0.4) is 0 Å². The molecule has 1 saturated heterocycles. The third-order valence-corrected chi connectivity index (χ3v) is 9.12. The molecule has 2 bridgehead atoms. The van der Waals surface area contributed by atoms with E-state index in [9.17, 15) is 14.9 Å². The largest absolute Gasteiger partial charge is 0.481 e. The van der Waals surface area contributed by atoms with Gasteiger partial charge in [0.05, 0.1) is 28.1 Å². The maximum atomic E-state index is 13.4. The van der Waals surface area contributed by atoms with Gasteiger partial charge in [-0.3, -0.25) is 19.9 Å². The molecule has 6 rings (SSSR count). The third kappa shape index (κ3) is 5.01. The minimum absolute atomic E-state index is 0.00954. The number of benzene rings is 2. The predicted octanol–water partition coefficient (Wildman–Crippen LogP) is 3.68. The molecule has 10 nitrogen and oxygen atoms in total. The van der Waals surface area contributed by atoms with E-state index in [1.165, 1.54) is 6.07 Å². The van der Waals surface area contributed by atoms with Crippen molar-refractivity contribution in [1.82, 2.24) is 5.32 Å². The van der Waals surface area contributed by atoms with Crippen LogP contribution in [0.25, 0.3) is 11.1 Å². The normalized spacial score (nSPS) is 27.2. The van der Waals surface area contributed by atoms with Crippen LogP contribution in [-0.4, -0.2) is 48.1 Å². The average molecular weight is 533 g/mol. The van der Waals surface area contributed by atoms with Gasteiger partial charge >= 0.3 is 7.12 Å². The van der Waals surface area contributed by atoms with E-state index in [-0.39, 0.29) is 28.7 Å². The number of carbonyl (C=O) groups excluding carboxylic acids is 1. The molecule has 1 amide bonds. The molecular formula is C28H36BN5O5. The summed E-state index contributed by atoms with van der Waals surface area (Å²) >= 11 is 0. The van der Waals surface area contributed by atoms with Crippen molar-refractivity contribution in [3.8, 4) is 11.1 Å². The van der Waals surface area contributed by atoms with Gasteiger partial charge in [-0.2, -0.15) is 0 Å². The van der Waals surface area contributed by atoms with E-state index >= 15 is 0 Å². The lowest BCUT2D eigenvalue weighted by Crippen LogP contribution is -2.65. The Morgan fingerprint density at radius 3 is 2.62 bits per heavy atom. The summed E-state index contributed by atoms with van der Waals surface area (Å²) in [6.07, 6.45) is 3.12. The highest BCUT2D eigenvalue weighted by Gasteiger charge is 2.68. The van der Waals surface area contributed by atoms with Gasteiger partial charge in [-0.1, -0.05) is 44.2 Å². The lowest BCUT2D eigenvalue weighted by atomic mass is 9.43. The molecular weight excluding hydrogens is 497 g/mol. The molecule has 206 valence electrons. The Kier molecular flexibility index (Phi) is 7.15. The Bertz CT molecular complexity index is 1280. The highest BCUT2D eigenvalue weighted by Crippen LogP contribution is 2.65. The number of nitrogens with two attached hydrogens (primary N) is 2. The van der Waals surface area contributed by atoms with Gasteiger partial charge in [0.25, 0.3) is 11.6 Å². The lowest BCUT2D eigenvalue weighted by Gasteiger charge is -2.64. The molecule has 2 aromatic rings. The van der Waals surface area contributed by atoms with E-state index in [0.717, 1.165) is 12.8 Å². The van der Waals surface area contributed by atoms with Crippen molar-refractivity contribution < 1.29 is 19.0 Å². The number of hydrogen-bond acceptors (Lipinski definition) is 6. The fourth-order valence-corrected chi connectivity index (χ4v) is 6.80. The standard InChI is InChI=1S/C28H36BN5O5/c1-27(2)19-15-22(27)28(3)23(16-19)38-29(39-28)24(10-7-13-32-26(30)31)33-25(35)18-11-12-20(21(14-18)34(36)37)17-8-5-4-6-9-17/h4-6,8-9,11-12,14,19,22-24H,7,10,13,15-16H2,1-3H3,(H,33,35)(H4,30,31,32). The summed E-state index contributed by atoms with van der Waals surface area (Å²) in [5.74, 6) is 0.0745. The zero-order chi connectivity index (χ0) is 27.9. The highest BCUT2D eigenvalue weighted by molar-refractivity contribution is 6.48. The number of hydrogen-bond donors (Lipinski definition) is 3. The van der Waals surface area contributed by atoms with Gasteiger partial charge in [-0.05, 0) is 67.6 Å². The molecule has 4 fully saturated rings. The van der Waals surface area contributed by atoms with Crippen LogP contribution in [0.2, 0.25) is 0 Å². The first kappa shape index (κ1) is 27.1. The molecule has 1 aliphatic heterocycles. The van der Waals surface area contributed by atoms with Gasteiger partial charge < -0.3 is 26.1 Å². The number of nitrogens with zero attached hydrogens (tertiary/aromatic N) is 2. The molecule has 0 spiro atoms. The van der Waals surface area contributed by atoms with Gasteiger partial charge in [0.2, 0.25) is 0 Å². The molecule has 3 aliphatic carbocycles. The SMILES string of the molecule is CC1(C)C2CC3OB(C(CCCN=C(N)N)NC(=O)c4ccc(-c5ccccc5)c([N+](=O)[O-])c4)OC3(C)C1C2. The van der Waals surface area contributed by atoms with E-state index in [0.29, 0.717) is 42.3 Å². The fraction of sp³-hybridized carbons (Fsp3) is 0.500. The van der Waals surface area contributed by atoms with E-state index in [2.05, 4.69) is 31.1 Å². The Balaban J connectivity index is 1.37. The van der Waals surface area contributed by atoms with Crippen molar-refractivity contribution in [1.29, 1.82) is 0 Å². The van der Waals surface area contributed by atoms with Gasteiger partial charge in [0, 0.05) is 18.2 Å². The fourth-order valence-electron chi connectivity index (χ4n) is 6.80. The molecule has 5 unspecified atom stereocenters. The molecule has 1 heterocycles. The molecule has 5 atom stereocenters. The van der Waals surface area contributed by atoms with Crippen LogP contribution in [0.1, 0.15) is 56.8 Å². The van der Waals surface area contributed by atoms with E-state index in [1.807, 2.05) is 18.2 Å². The minimum Gasteiger partial charge on any atom is -0.404 e. The topological polar surface area (TPSA) is 155 Å². The monoisotopic (exact) mass is 533 g/mol. The first-order valence-corrected chi connectivity index (χ1v) is 13.5. The molecule has 2 aromatic carbocycles. The number of carbonyl (C=O) groups is 1. The van der Waals surface area contributed by atoms with Crippen molar-refractivity contribution in [3.63, 3.8) is 0 Å². The molecule has 39 heavy (non-hydrogen) atoms. The minimum atomic E-state index is -0.642. The van der Waals surface area contributed by atoms with Crippen LogP contribution in [-0.2, 0) is 9.31 Å². The van der Waals surface area contributed by atoms with Gasteiger partial charge in [-0.15, -0.1) is 0 Å². The molecule has 5 N–H and O–H groups in total. The van der Waals surface area contributed by atoms with Crippen LogP contribution in [0.4, 0.5) is 5.69 Å². The van der Waals surface area contributed by atoms with Crippen molar-refractivity contribution in [2.24, 2.45) is 33.7 Å². The van der Waals surface area contributed by atoms with Crippen LogP contribution in [0, 0.1) is 27.4 Å². The lowest BCUT2D eigenvalue weighted by molar-refractivity contribution is -0.384. The number of rotatable bonds is 9. The second-order valence-electron chi connectivity index (χ2n) is 11.7. The first-order valence-electron chi connectivity index (χ1n) is 13.5. The van der Waals surface area contributed by atoms with Crippen molar-refractivity contribution >= 4 is 24.7 Å². The average Bonchev–Trinajstić information content (AvgIpc) is 3.27. The maximum Gasteiger partial charge on any atom is 0.481 e. The molecule has 3 saturated carbocycles. The number of nitrogens with one attached hydrogen (secondary N) is 1. The summed E-state index contributed by atoms with van der Waals surface area (Å²) in [4.78, 5) is 28.9. The van der Waals surface area contributed by atoms with Gasteiger partial charge in [0.1, 0.15) is 0 Å². The highest BCUT2D eigenvalue weighted by atomic mass is 16.7. The van der Waals surface area contributed by atoms with Crippen LogP contribution >= 0.6 is 0 Å². The Morgan fingerprint density at radius 2 is 1.95 bits per heavy atom. The zero-order valence-corrected chi connectivity index (χ0v) is 22.6. The number of guanidine groups is 1. The van der Waals surface area contributed by atoms with E-state index < -0.39 is 29.5 Å². The van der Waals surface area contributed by atoms with Crippen LogP contribution < -0.4 is 16.8 Å². The summed E-state index contributed by atoms with van der Waals surface area (Å²) in [7, 11) is -0.642. The molecule has 11 heteroatoms. The van der Waals surface area contributed by atoms with Crippen LogP contribution in [0.5, 0.6) is 0 Å². The number of aliphatic imine (C=N–C) groups is 1. The van der Waals surface area contributed by atoms with Crippen LogP contribution in [0.15, 0.2) is 53.5 Å². The summed E-state index contributed by atoms with van der Waals surface area (Å²) in [5, 5.41) is 14.9. The summed E-state index contributed by atoms with van der Waals surface area (Å²) in [6.45, 7) is 7.12. The third-order valence-electron chi connectivity index (χ3n) is 9.12. The molecule has 4 aliphatic rings. The molecule has 0 aromatic heterocycles. The number of nitro groups is 1. The second-order valence-corrected chi connectivity index (χ2v) is 11.7. The number of amides is 1. The second kappa shape index (κ2) is 10.3. The van der Waals surface area contributed by atoms with E-state index in [4.69, 9.17) is 20.8 Å². The summed E-state index contributed by atoms with van der Waals surface area (Å²) < 4.78 is 13.1. The van der Waals surface area contributed by atoms with Crippen molar-refractivity contribution in [2.45, 2.75) is 64.1 Å². The molecule has 0 radical (unpaired) electrons. The van der Waals surface area contributed by atoms with Crippen molar-refractivity contribution in [2.75, 3.05) is 6.54 Å². The summed E-state index contributed by atoms with van der Waals surface area (Å²) in [6, 6.07) is 13.6. The zero-order valence-electron chi connectivity index (χ0n) is 22.6. The van der Waals surface area contributed by atoms with E-state index in [1.54, 1.807) is 24.3 Å². The first-order chi connectivity index (χ1) is 18.5. The summed E-state index contributed by atoms with van der Waals surface area (Å²) in [5.41, 5.74) is 11.9. The quantitative estimate of drug-likeness (QED) is 0.111. The van der Waals surface area contributed by atoms with Gasteiger partial charge in [-0.25, -0.2) is 0 Å². The maximum absolute atomic E-state index is 13.4. The van der Waals surface area contributed by atoms with Crippen molar-refractivity contribution in [3.05, 3.63) is 64.2 Å². The predicted molar refractivity (Wildman–Crippen MR) is 150 cm³/mol.